The van der Waals surface area contributed by atoms with Crippen LogP contribution in [0.1, 0.15) is 36.7 Å². The lowest BCUT2D eigenvalue weighted by Crippen LogP contribution is -2.16. The minimum atomic E-state index is -0.510. The number of nitrogens with zero attached hydrogens (tertiary/aromatic N) is 4. The van der Waals surface area contributed by atoms with Gasteiger partial charge in [0.15, 0.2) is 5.82 Å². The van der Waals surface area contributed by atoms with Crippen molar-refractivity contribution in [2.75, 3.05) is 5.32 Å². The van der Waals surface area contributed by atoms with Crippen LogP contribution in [0.5, 0.6) is 0 Å². The summed E-state index contributed by atoms with van der Waals surface area (Å²) in [5.74, 6) is 1.11. The summed E-state index contributed by atoms with van der Waals surface area (Å²) in [5, 5.41) is 18.4. The Balaban J connectivity index is 1.99. The molecule has 0 saturated heterocycles. The third-order valence-electron chi connectivity index (χ3n) is 3.60. The molecule has 1 N–H and O–H groups in total. The Morgan fingerprint density at radius 1 is 1.24 bits per heavy atom. The highest BCUT2D eigenvalue weighted by Crippen LogP contribution is 2.28. The number of nitro groups is 1. The second kappa shape index (κ2) is 7.52. The summed E-state index contributed by atoms with van der Waals surface area (Å²) in [4.78, 5) is 19.3. The van der Waals surface area contributed by atoms with E-state index >= 15 is 0 Å². The SMILES string of the molecule is CCCc1nc(C(Nc2ncccc2[N+](=O)[O-])c2ccccc2)no1. The Bertz CT molecular complexity index is 850. The highest BCUT2D eigenvalue weighted by Gasteiger charge is 2.24. The predicted molar refractivity (Wildman–Crippen MR) is 91.1 cm³/mol. The molecular weight excluding hydrogens is 322 g/mol. The van der Waals surface area contributed by atoms with Gasteiger partial charge in [0.2, 0.25) is 11.7 Å². The monoisotopic (exact) mass is 339 g/mol. The summed E-state index contributed by atoms with van der Waals surface area (Å²) in [6, 6.07) is 11.8. The molecule has 2 aromatic heterocycles. The third-order valence-corrected chi connectivity index (χ3v) is 3.60. The fourth-order valence-electron chi connectivity index (χ4n) is 2.44. The number of hydrogen-bond donors (Lipinski definition) is 1. The zero-order chi connectivity index (χ0) is 17.6. The van der Waals surface area contributed by atoms with E-state index in [9.17, 15) is 10.1 Å². The smallest absolute Gasteiger partial charge is 0.311 e. The van der Waals surface area contributed by atoms with Gasteiger partial charge in [-0.25, -0.2) is 4.98 Å². The molecule has 3 rings (SSSR count). The molecule has 25 heavy (non-hydrogen) atoms. The van der Waals surface area contributed by atoms with Crippen molar-refractivity contribution in [2.45, 2.75) is 25.8 Å². The number of nitrogens with one attached hydrogen (secondary N) is 1. The van der Waals surface area contributed by atoms with Crippen LogP contribution in [0.3, 0.4) is 0 Å². The Hall–Kier alpha value is -3.29. The van der Waals surface area contributed by atoms with Crippen molar-refractivity contribution in [3.63, 3.8) is 0 Å². The van der Waals surface area contributed by atoms with Crippen LogP contribution >= 0.6 is 0 Å². The summed E-state index contributed by atoms with van der Waals surface area (Å²) in [5.41, 5.74) is 0.743. The molecule has 0 radical (unpaired) electrons. The molecular formula is C17H17N5O3. The zero-order valence-corrected chi connectivity index (χ0v) is 13.6. The van der Waals surface area contributed by atoms with E-state index in [0.29, 0.717) is 18.1 Å². The van der Waals surface area contributed by atoms with Crippen molar-refractivity contribution in [3.05, 3.63) is 76.1 Å². The van der Waals surface area contributed by atoms with Crippen LogP contribution in [0.25, 0.3) is 0 Å². The fraction of sp³-hybridized carbons (Fsp3) is 0.235. The van der Waals surface area contributed by atoms with Crippen LogP contribution in [-0.2, 0) is 6.42 Å². The predicted octanol–water partition coefficient (Wildman–Crippen LogP) is 3.53. The summed E-state index contributed by atoms with van der Waals surface area (Å²) in [7, 11) is 0. The molecule has 128 valence electrons. The number of rotatable bonds is 7. The van der Waals surface area contributed by atoms with Gasteiger partial charge in [-0.1, -0.05) is 42.4 Å². The summed E-state index contributed by atoms with van der Waals surface area (Å²) >= 11 is 0. The average molecular weight is 339 g/mol. The first kappa shape index (κ1) is 16.6. The lowest BCUT2D eigenvalue weighted by atomic mass is 10.1. The molecule has 0 aliphatic heterocycles. The van der Waals surface area contributed by atoms with Gasteiger partial charge in [0.05, 0.1) is 4.92 Å². The molecule has 1 unspecified atom stereocenters. The second-order valence-corrected chi connectivity index (χ2v) is 5.41. The molecule has 0 spiro atoms. The van der Waals surface area contributed by atoms with Crippen LogP contribution in [0.15, 0.2) is 53.2 Å². The van der Waals surface area contributed by atoms with Gasteiger partial charge in [-0.05, 0) is 18.1 Å². The zero-order valence-electron chi connectivity index (χ0n) is 13.6. The Morgan fingerprint density at radius 2 is 2.04 bits per heavy atom. The standard InChI is InChI=1S/C17H17N5O3/c1-2-7-14-19-17(21-25-14)15(12-8-4-3-5-9-12)20-16-13(22(23)24)10-6-11-18-16/h3-6,8-11,15H,2,7H2,1H3,(H,18,20). The molecule has 0 saturated carbocycles. The van der Waals surface area contributed by atoms with Crippen LogP contribution in [0.4, 0.5) is 11.5 Å². The average Bonchev–Trinajstić information content (AvgIpc) is 3.09. The van der Waals surface area contributed by atoms with Gasteiger partial charge in [-0.2, -0.15) is 4.98 Å². The number of aryl methyl sites for hydroxylation is 1. The molecule has 8 heteroatoms. The van der Waals surface area contributed by atoms with Crippen molar-refractivity contribution in [1.29, 1.82) is 0 Å². The molecule has 0 aliphatic carbocycles. The van der Waals surface area contributed by atoms with E-state index in [1.807, 2.05) is 37.3 Å². The lowest BCUT2D eigenvalue weighted by molar-refractivity contribution is -0.384. The van der Waals surface area contributed by atoms with Crippen LogP contribution < -0.4 is 5.32 Å². The molecule has 8 nitrogen and oxygen atoms in total. The first-order valence-corrected chi connectivity index (χ1v) is 7.92. The van der Waals surface area contributed by atoms with Gasteiger partial charge in [-0.3, -0.25) is 10.1 Å². The van der Waals surface area contributed by atoms with E-state index in [4.69, 9.17) is 4.52 Å². The quantitative estimate of drug-likeness (QED) is 0.518. The lowest BCUT2D eigenvalue weighted by Gasteiger charge is -2.16. The highest BCUT2D eigenvalue weighted by atomic mass is 16.6. The van der Waals surface area contributed by atoms with E-state index in [1.165, 1.54) is 18.3 Å². The minimum Gasteiger partial charge on any atom is -0.350 e. The van der Waals surface area contributed by atoms with E-state index in [2.05, 4.69) is 20.4 Å². The van der Waals surface area contributed by atoms with Crippen molar-refractivity contribution < 1.29 is 9.45 Å². The molecule has 1 atom stereocenters. The van der Waals surface area contributed by atoms with Gasteiger partial charge < -0.3 is 9.84 Å². The van der Waals surface area contributed by atoms with Crippen LogP contribution in [-0.4, -0.2) is 20.0 Å². The number of pyridine rings is 1. The van der Waals surface area contributed by atoms with E-state index in [-0.39, 0.29) is 11.5 Å². The normalized spacial score (nSPS) is 11.9. The van der Waals surface area contributed by atoms with Crippen molar-refractivity contribution in [2.24, 2.45) is 0 Å². The number of benzene rings is 1. The fourth-order valence-corrected chi connectivity index (χ4v) is 2.44. The Kier molecular flexibility index (Phi) is 4.98. The van der Waals surface area contributed by atoms with Crippen LogP contribution in [0.2, 0.25) is 0 Å². The topological polar surface area (TPSA) is 107 Å². The molecule has 2 heterocycles. The van der Waals surface area contributed by atoms with Crippen molar-refractivity contribution in [3.8, 4) is 0 Å². The molecule has 0 bridgehead atoms. The van der Waals surface area contributed by atoms with Crippen molar-refractivity contribution >= 4 is 11.5 Å². The summed E-state index contributed by atoms with van der Waals surface area (Å²) in [6.07, 6.45) is 3.06. The van der Waals surface area contributed by atoms with Gasteiger partial charge >= 0.3 is 5.69 Å². The number of aromatic nitrogens is 3. The van der Waals surface area contributed by atoms with Gasteiger partial charge in [0.25, 0.3) is 0 Å². The first-order valence-electron chi connectivity index (χ1n) is 7.92. The largest absolute Gasteiger partial charge is 0.350 e. The van der Waals surface area contributed by atoms with Gasteiger partial charge in [0.1, 0.15) is 6.04 Å². The molecule has 0 amide bonds. The third kappa shape index (κ3) is 3.79. The van der Waals surface area contributed by atoms with E-state index in [0.717, 1.165) is 12.0 Å². The molecule has 0 fully saturated rings. The molecule has 3 aromatic rings. The highest BCUT2D eigenvalue weighted by molar-refractivity contribution is 5.57. The number of hydrogen-bond acceptors (Lipinski definition) is 7. The van der Waals surface area contributed by atoms with Gasteiger partial charge in [0, 0.05) is 18.7 Å². The maximum absolute atomic E-state index is 11.2. The van der Waals surface area contributed by atoms with Gasteiger partial charge in [-0.15, -0.1) is 0 Å². The second-order valence-electron chi connectivity index (χ2n) is 5.41. The number of anilines is 1. The van der Waals surface area contributed by atoms with Crippen molar-refractivity contribution in [1.82, 2.24) is 15.1 Å². The molecule has 1 aromatic carbocycles. The minimum absolute atomic E-state index is 0.110. The Labute approximate surface area is 144 Å². The van der Waals surface area contributed by atoms with E-state index in [1.54, 1.807) is 0 Å². The van der Waals surface area contributed by atoms with E-state index < -0.39 is 11.0 Å². The first-order chi connectivity index (χ1) is 12.2. The maximum atomic E-state index is 11.2. The molecule has 0 aliphatic rings. The summed E-state index contributed by atoms with van der Waals surface area (Å²) < 4.78 is 5.27. The summed E-state index contributed by atoms with van der Waals surface area (Å²) in [6.45, 7) is 2.02. The Morgan fingerprint density at radius 3 is 2.76 bits per heavy atom. The maximum Gasteiger partial charge on any atom is 0.311 e. The van der Waals surface area contributed by atoms with Crippen LogP contribution in [0, 0.1) is 10.1 Å².